The average Bonchev–Trinajstić information content (AvgIpc) is 2.73. The zero-order valence-electron chi connectivity index (χ0n) is 16.7. The van der Waals surface area contributed by atoms with Crippen molar-refractivity contribution < 1.29 is 36.9 Å². The number of alkyl halides is 3. The van der Waals surface area contributed by atoms with Crippen LogP contribution in [-0.4, -0.2) is 46.3 Å². The number of aromatic nitrogens is 2. The molecular weight excluding hydrogens is 536 g/mol. The number of anilines is 1. The van der Waals surface area contributed by atoms with Crippen LogP contribution in [0.4, 0.5) is 23.4 Å². The zero-order chi connectivity index (χ0) is 24.8. The van der Waals surface area contributed by atoms with Gasteiger partial charge in [0, 0.05) is 19.3 Å². The van der Waals surface area contributed by atoms with E-state index in [1.807, 2.05) is 0 Å². The number of hydrogen-bond donors (Lipinski definition) is 2. The minimum absolute atomic E-state index is 0.0335. The Morgan fingerprint density at radius 3 is 2.73 bits per heavy atom. The molecule has 0 saturated heterocycles. The van der Waals surface area contributed by atoms with Gasteiger partial charge in [0.25, 0.3) is 5.88 Å². The fraction of sp³-hybridized carbons (Fsp3) is 0.158. The molecule has 0 bridgehead atoms. The number of allylic oxidation sites excluding steroid dienone is 1. The van der Waals surface area contributed by atoms with Crippen molar-refractivity contribution in [1.82, 2.24) is 15.3 Å². The van der Waals surface area contributed by atoms with Gasteiger partial charge in [0.05, 0.1) is 4.47 Å². The molecule has 0 aliphatic rings. The van der Waals surface area contributed by atoms with Crippen LogP contribution in [0.5, 0.6) is 17.5 Å². The topological polar surface area (TPSA) is 96.8 Å². The van der Waals surface area contributed by atoms with E-state index in [1.54, 1.807) is 0 Å². The van der Waals surface area contributed by atoms with Gasteiger partial charge < -0.3 is 24.8 Å². The standard InChI is InChI=1S/C19H15BrF4N4O4S/c1-10(30)8-31-18-13(4-3-5-25-18)32-17-11(20)6-12(21)16(27-17)28(2)15(33)7-14(26-9-29)19(22,23)24/h3-7,9,30H,1,8H2,2H3,(H,26,29)/b14-7-. The molecule has 2 aromatic heterocycles. The molecule has 0 unspecified atom stereocenters. The van der Waals surface area contributed by atoms with E-state index in [0.29, 0.717) is 6.08 Å². The first-order chi connectivity index (χ1) is 15.4. The fourth-order valence-corrected chi connectivity index (χ4v) is 2.73. The Labute approximate surface area is 198 Å². The van der Waals surface area contributed by atoms with Crippen LogP contribution in [0, 0.1) is 5.82 Å². The number of aliphatic hydroxyl groups is 1. The molecule has 0 fully saturated rings. The summed E-state index contributed by atoms with van der Waals surface area (Å²) in [6.45, 7) is 3.02. The van der Waals surface area contributed by atoms with E-state index in [2.05, 4.69) is 32.5 Å². The van der Waals surface area contributed by atoms with Crippen molar-refractivity contribution in [2.75, 3.05) is 18.6 Å². The highest BCUT2D eigenvalue weighted by atomic mass is 79.9. The number of aliphatic hydroxyl groups excluding tert-OH is 1. The normalized spacial score (nSPS) is 11.5. The summed E-state index contributed by atoms with van der Waals surface area (Å²) in [7, 11) is 1.18. The first kappa shape index (κ1) is 26.0. The summed E-state index contributed by atoms with van der Waals surface area (Å²) >= 11 is 8.03. The molecule has 0 radical (unpaired) electrons. The molecule has 0 aromatic carbocycles. The summed E-state index contributed by atoms with van der Waals surface area (Å²) < 4.78 is 64.5. The van der Waals surface area contributed by atoms with Crippen LogP contribution in [0.15, 0.2) is 53.0 Å². The Kier molecular flexibility index (Phi) is 8.70. The van der Waals surface area contributed by atoms with Gasteiger partial charge in [-0.1, -0.05) is 18.8 Å². The molecule has 2 rings (SSSR count). The number of carbonyl (C=O) groups excluding carboxylic acids is 1. The average molecular weight is 551 g/mol. The van der Waals surface area contributed by atoms with Gasteiger partial charge in [-0.3, -0.25) is 4.79 Å². The van der Waals surface area contributed by atoms with Crippen LogP contribution >= 0.6 is 28.1 Å². The van der Waals surface area contributed by atoms with Crippen LogP contribution in [-0.2, 0) is 4.79 Å². The van der Waals surface area contributed by atoms with Crippen LogP contribution in [0.3, 0.4) is 0 Å². The second-order valence-electron chi connectivity index (χ2n) is 6.06. The van der Waals surface area contributed by atoms with Gasteiger partial charge in [-0.2, -0.15) is 18.2 Å². The molecule has 1 amide bonds. The maximum atomic E-state index is 14.5. The molecule has 14 heteroatoms. The smallest absolute Gasteiger partial charge is 0.431 e. The Hall–Kier alpha value is -3.26. The van der Waals surface area contributed by atoms with Crippen molar-refractivity contribution in [3.05, 3.63) is 58.8 Å². The molecule has 2 aromatic rings. The third kappa shape index (κ3) is 7.12. The van der Waals surface area contributed by atoms with Gasteiger partial charge in [-0.05, 0) is 34.1 Å². The number of rotatable bonds is 9. The number of halogens is 5. The number of carbonyl (C=O) groups is 1. The number of pyridine rings is 2. The molecule has 0 spiro atoms. The fourth-order valence-electron chi connectivity index (χ4n) is 2.16. The molecule has 0 saturated carbocycles. The van der Waals surface area contributed by atoms with E-state index < -0.39 is 28.5 Å². The number of nitrogens with one attached hydrogen (secondary N) is 1. The molecule has 2 N–H and O–H groups in total. The maximum absolute atomic E-state index is 14.5. The van der Waals surface area contributed by atoms with Crippen LogP contribution in [0.1, 0.15) is 0 Å². The second-order valence-corrected chi connectivity index (χ2v) is 7.33. The third-order valence-electron chi connectivity index (χ3n) is 3.63. The second kappa shape index (κ2) is 11.0. The van der Waals surface area contributed by atoms with Crippen molar-refractivity contribution in [3.8, 4) is 17.5 Å². The number of nitrogens with zero attached hydrogens (tertiary/aromatic N) is 3. The summed E-state index contributed by atoms with van der Waals surface area (Å²) in [6, 6.07) is 3.94. The molecule has 2 heterocycles. The van der Waals surface area contributed by atoms with Crippen molar-refractivity contribution in [3.63, 3.8) is 0 Å². The van der Waals surface area contributed by atoms with Crippen molar-refractivity contribution >= 4 is 45.4 Å². The molecule has 0 aliphatic carbocycles. The highest BCUT2D eigenvalue weighted by Crippen LogP contribution is 2.35. The van der Waals surface area contributed by atoms with Crippen LogP contribution in [0.2, 0.25) is 0 Å². The summed E-state index contributed by atoms with van der Waals surface area (Å²) in [6.07, 6.45) is -3.22. The van der Waals surface area contributed by atoms with Crippen molar-refractivity contribution in [2.45, 2.75) is 6.18 Å². The molecule has 0 aliphatic heterocycles. The summed E-state index contributed by atoms with van der Waals surface area (Å²) in [5, 5.41) is 10.7. The number of ether oxygens (including phenoxy) is 2. The first-order valence-electron chi connectivity index (χ1n) is 8.69. The lowest BCUT2D eigenvalue weighted by molar-refractivity contribution is -0.116. The van der Waals surface area contributed by atoms with Gasteiger partial charge in [-0.25, -0.2) is 9.37 Å². The van der Waals surface area contributed by atoms with Gasteiger partial charge >= 0.3 is 6.18 Å². The highest BCUT2D eigenvalue weighted by molar-refractivity contribution is 9.10. The van der Waals surface area contributed by atoms with Crippen molar-refractivity contribution in [2.24, 2.45) is 0 Å². The molecule has 176 valence electrons. The van der Waals surface area contributed by atoms with Crippen LogP contribution in [0.25, 0.3) is 0 Å². The quantitative estimate of drug-likeness (QED) is 0.154. The summed E-state index contributed by atoms with van der Waals surface area (Å²) in [5.41, 5.74) is -1.44. The number of thiocarbonyl (C=S) groups is 1. The predicted octanol–water partition coefficient (Wildman–Crippen LogP) is 4.58. The van der Waals surface area contributed by atoms with E-state index >= 15 is 0 Å². The Morgan fingerprint density at radius 2 is 2.12 bits per heavy atom. The minimum Gasteiger partial charge on any atom is -0.509 e. The SMILES string of the molecule is C=C(O)COc1ncccc1Oc1nc(N(C)C(=S)/C=C(\NC=O)C(F)(F)F)c(F)cc1Br. The highest BCUT2D eigenvalue weighted by Gasteiger charge is 2.34. The largest absolute Gasteiger partial charge is 0.509 e. The number of amides is 1. The monoisotopic (exact) mass is 550 g/mol. The molecule has 0 atom stereocenters. The van der Waals surface area contributed by atoms with Gasteiger partial charge in [0.2, 0.25) is 12.3 Å². The predicted molar refractivity (Wildman–Crippen MR) is 118 cm³/mol. The third-order valence-corrected chi connectivity index (χ3v) is 4.59. The minimum atomic E-state index is -4.90. The zero-order valence-corrected chi connectivity index (χ0v) is 19.1. The van der Waals surface area contributed by atoms with Gasteiger partial charge in [0.1, 0.15) is 23.1 Å². The Balaban J connectivity index is 2.38. The maximum Gasteiger partial charge on any atom is 0.431 e. The van der Waals surface area contributed by atoms with Crippen molar-refractivity contribution in [1.29, 1.82) is 0 Å². The van der Waals surface area contributed by atoms with E-state index in [9.17, 15) is 27.5 Å². The van der Waals surface area contributed by atoms with Gasteiger partial charge in [0.15, 0.2) is 17.4 Å². The summed E-state index contributed by atoms with van der Waals surface area (Å²) in [4.78, 5) is 18.8. The van der Waals surface area contributed by atoms with E-state index in [0.717, 1.165) is 11.0 Å². The molecule has 33 heavy (non-hydrogen) atoms. The molecular formula is C19H15BrF4N4O4S. The first-order valence-corrected chi connectivity index (χ1v) is 9.89. The van der Waals surface area contributed by atoms with E-state index in [-0.39, 0.29) is 40.8 Å². The Morgan fingerprint density at radius 1 is 1.42 bits per heavy atom. The summed E-state index contributed by atoms with van der Waals surface area (Å²) in [5.74, 6) is -1.83. The lowest BCUT2D eigenvalue weighted by atomic mass is 10.3. The Bertz CT molecular complexity index is 1100. The number of likely N-dealkylation sites (N-methyl/N-ethyl adjacent to an activating group) is 1. The van der Waals surface area contributed by atoms with Crippen LogP contribution < -0.4 is 19.7 Å². The number of hydrogen-bond acceptors (Lipinski definition) is 7. The van der Waals surface area contributed by atoms with E-state index in [1.165, 1.54) is 30.7 Å². The van der Waals surface area contributed by atoms with Gasteiger partial charge in [-0.15, -0.1) is 0 Å². The van der Waals surface area contributed by atoms with E-state index in [4.69, 9.17) is 21.7 Å². The molecule has 8 nitrogen and oxygen atoms in total. The lowest BCUT2D eigenvalue weighted by Crippen LogP contribution is -2.30. The lowest BCUT2D eigenvalue weighted by Gasteiger charge is -2.20.